The van der Waals surface area contributed by atoms with Crippen molar-refractivity contribution in [2.75, 3.05) is 26.4 Å². The first-order chi connectivity index (χ1) is 18.8. The standard InChI is InChI=1S/C32H42O6/c1-2-3-4-6-19-33-27-17-15-25(16-18-27)10-9-24-11-13-26(14-12-24)21-35-28-22-36-32-29(23-37-31(28)32)38-30-8-5-7-20-34-30/h9-18,28-32H,2-8,19-23H2,1H3/t28-,29+,30?,31-,32-/m0/s1. The summed E-state index contributed by atoms with van der Waals surface area (Å²) in [5, 5.41) is 0. The van der Waals surface area contributed by atoms with Crippen molar-refractivity contribution >= 4 is 12.2 Å². The first-order valence-corrected chi connectivity index (χ1v) is 14.4. The van der Waals surface area contributed by atoms with Gasteiger partial charge >= 0.3 is 0 Å². The van der Waals surface area contributed by atoms with Crippen molar-refractivity contribution in [2.24, 2.45) is 0 Å². The summed E-state index contributed by atoms with van der Waals surface area (Å²) in [5.41, 5.74) is 3.44. The summed E-state index contributed by atoms with van der Waals surface area (Å²) in [4.78, 5) is 0. The van der Waals surface area contributed by atoms with Crippen LogP contribution < -0.4 is 4.74 Å². The van der Waals surface area contributed by atoms with Gasteiger partial charge in [0.1, 0.15) is 30.2 Å². The van der Waals surface area contributed by atoms with Gasteiger partial charge in [-0.15, -0.1) is 0 Å². The van der Waals surface area contributed by atoms with Gasteiger partial charge in [-0.3, -0.25) is 0 Å². The second-order valence-corrected chi connectivity index (χ2v) is 10.5. The van der Waals surface area contributed by atoms with Crippen LogP contribution in [0.4, 0.5) is 0 Å². The van der Waals surface area contributed by atoms with Gasteiger partial charge in [0, 0.05) is 6.61 Å². The minimum Gasteiger partial charge on any atom is -0.494 e. The normalized spacial score (nSPS) is 27.1. The fourth-order valence-electron chi connectivity index (χ4n) is 5.22. The zero-order chi connectivity index (χ0) is 26.0. The summed E-state index contributed by atoms with van der Waals surface area (Å²) in [6, 6.07) is 16.8. The highest BCUT2D eigenvalue weighted by atomic mass is 16.7. The Hall–Kier alpha value is -2.22. The molecule has 3 aliphatic rings. The van der Waals surface area contributed by atoms with Gasteiger partial charge in [-0.25, -0.2) is 0 Å². The zero-order valence-electron chi connectivity index (χ0n) is 22.6. The smallest absolute Gasteiger partial charge is 0.158 e. The Morgan fingerprint density at radius 1 is 0.789 bits per heavy atom. The van der Waals surface area contributed by atoms with Crippen LogP contribution in [0, 0.1) is 0 Å². The second-order valence-electron chi connectivity index (χ2n) is 10.5. The van der Waals surface area contributed by atoms with Crippen LogP contribution in [-0.4, -0.2) is 57.1 Å². The van der Waals surface area contributed by atoms with Gasteiger partial charge in [0.25, 0.3) is 0 Å². The topological polar surface area (TPSA) is 55.4 Å². The van der Waals surface area contributed by atoms with Crippen molar-refractivity contribution in [3.63, 3.8) is 0 Å². The number of rotatable bonds is 13. The molecule has 3 saturated heterocycles. The van der Waals surface area contributed by atoms with E-state index in [0.29, 0.717) is 19.8 Å². The van der Waals surface area contributed by atoms with E-state index < -0.39 is 0 Å². The van der Waals surface area contributed by atoms with Gasteiger partial charge in [-0.2, -0.15) is 0 Å². The molecule has 5 rings (SSSR count). The SMILES string of the molecule is CCCCCCOc1ccc(C=Cc2ccc(CO[C@H]3CO[C@@H]4[C@H]3OC[C@H]4OC3CCCCO3)cc2)cc1. The highest BCUT2D eigenvalue weighted by Gasteiger charge is 2.49. The molecule has 2 aromatic rings. The van der Waals surface area contributed by atoms with Crippen LogP contribution in [0.25, 0.3) is 12.2 Å². The summed E-state index contributed by atoms with van der Waals surface area (Å²) in [7, 11) is 0. The lowest BCUT2D eigenvalue weighted by atomic mass is 10.1. The maximum absolute atomic E-state index is 6.20. The molecule has 206 valence electrons. The molecule has 38 heavy (non-hydrogen) atoms. The second kappa shape index (κ2) is 14.2. The van der Waals surface area contributed by atoms with Crippen LogP contribution in [0.2, 0.25) is 0 Å². The molecular formula is C32H42O6. The number of hydrogen-bond acceptors (Lipinski definition) is 6. The van der Waals surface area contributed by atoms with E-state index in [-0.39, 0.29) is 30.7 Å². The Labute approximate surface area is 227 Å². The summed E-state index contributed by atoms with van der Waals surface area (Å²) in [6.07, 6.45) is 11.9. The number of unbranched alkanes of at least 4 members (excludes halogenated alkanes) is 3. The Morgan fingerprint density at radius 2 is 1.50 bits per heavy atom. The molecule has 3 heterocycles. The van der Waals surface area contributed by atoms with Crippen molar-refractivity contribution in [2.45, 2.75) is 89.2 Å². The minimum atomic E-state index is -0.134. The molecule has 0 N–H and O–H groups in total. The Balaban J connectivity index is 1.04. The van der Waals surface area contributed by atoms with Gasteiger partial charge in [0.2, 0.25) is 0 Å². The maximum atomic E-state index is 6.20. The molecule has 1 unspecified atom stereocenters. The van der Waals surface area contributed by atoms with Crippen LogP contribution >= 0.6 is 0 Å². The van der Waals surface area contributed by atoms with Crippen LogP contribution in [0.1, 0.15) is 68.6 Å². The fraction of sp³-hybridized carbons (Fsp3) is 0.562. The van der Waals surface area contributed by atoms with Gasteiger partial charge in [-0.1, -0.05) is 74.7 Å². The number of hydrogen-bond donors (Lipinski definition) is 0. The molecule has 0 bridgehead atoms. The van der Waals surface area contributed by atoms with Crippen LogP contribution in [0.3, 0.4) is 0 Å². The van der Waals surface area contributed by atoms with Gasteiger partial charge in [0.05, 0.1) is 26.4 Å². The van der Waals surface area contributed by atoms with E-state index in [1.165, 1.54) is 19.3 Å². The third-order valence-electron chi connectivity index (χ3n) is 7.49. The van der Waals surface area contributed by atoms with Crippen molar-refractivity contribution in [1.29, 1.82) is 0 Å². The molecule has 0 radical (unpaired) electrons. The average molecular weight is 523 g/mol. The van der Waals surface area contributed by atoms with Crippen LogP contribution in [0.15, 0.2) is 48.5 Å². The van der Waals surface area contributed by atoms with Gasteiger partial charge < -0.3 is 28.4 Å². The van der Waals surface area contributed by atoms with E-state index in [1.54, 1.807) is 0 Å². The Morgan fingerprint density at radius 3 is 2.21 bits per heavy atom. The lowest BCUT2D eigenvalue weighted by Crippen LogP contribution is -2.37. The zero-order valence-corrected chi connectivity index (χ0v) is 22.6. The molecule has 2 aromatic carbocycles. The van der Waals surface area contributed by atoms with E-state index >= 15 is 0 Å². The van der Waals surface area contributed by atoms with E-state index in [4.69, 9.17) is 28.4 Å². The third kappa shape index (κ3) is 7.67. The molecule has 0 saturated carbocycles. The Bertz CT molecular complexity index is 982. The van der Waals surface area contributed by atoms with E-state index in [0.717, 1.165) is 61.3 Å². The monoisotopic (exact) mass is 522 g/mol. The van der Waals surface area contributed by atoms with Gasteiger partial charge in [0.15, 0.2) is 6.29 Å². The van der Waals surface area contributed by atoms with Crippen LogP contribution in [0.5, 0.6) is 5.75 Å². The number of fused-ring (bicyclic) bond motifs is 1. The molecular weight excluding hydrogens is 480 g/mol. The average Bonchev–Trinajstić information content (AvgIpc) is 3.55. The highest BCUT2D eigenvalue weighted by molar-refractivity contribution is 5.69. The van der Waals surface area contributed by atoms with E-state index in [1.807, 2.05) is 12.1 Å². The third-order valence-corrected chi connectivity index (χ3v) is 7.49. The first-order valence-electron chi connectivity index (χ1n) is 14.4. The highest BCUT2D eigenvalue weighted by Crippen LogP contribution is 2.32. The predicted octanol–water partition coefficient (Wildman–Crippen LogP) is 6.41. The molecule has 0 spiro atoms. The molecule has 6 heteroatoms. The minimum absolute atomic E-state index is 0.0792. The summed E-state index contributed by atoms with van der Waals surface area (Å²) >= 11 is 0. The molecule has 0 aliphatic carbocycles. The fourth-order valence-corrected chi connectivity index (χ4v) is 5.22. The van der Waals surface area contributed by atoms with Crippen molar-refractivity contribution in [1.82, 2.24) is 0 Å². The van der Waals surface area contributed by atoms with Crippen molar-refractivity contribution in [3.8, 4) is 5.75 Å². The quantitative estimate of drug-likeness (QED) is 0.224. The summed E-state index contributed by atoms with van der Waals surface area (Å²) in [5.74, 6) is 0.936. The summed E-state index contributed by atoms with van der Waals surface area (Å²) in [6.45, 7) is 5.38. The maximum Gasteiger partial charge on any atom is 0.158 e. The first kappa shape index (κ1) is 27.4. The Kier molecular flexibility index (Phi) is 10.3. The van der Waals surface area contributed by atoms with Gasteiger partial charge in [-0.05, 0) is 54.5 Å². The molecule has 5 atom stereocenters. The van der Waals surface area contributed by atoms with Crippen molar-refractivity contribution < 1.29 is 28.4 Å². The number of ether oxygens (including phenoxy) is 6. The molecule has 3 fully saturated rings. The lowest BCUT2D eigenvalue weighted by molar-refractivity contribution is -0.202. The van der Waals surface area contributed by atoms with Crippen molar-refractivity contribution in [3.05, 3.63) is 65.2 Å². The molecule has 0 amide bonds. The lowest BCUT2D eigenvalue weighted by Gasteiger charge is -2.27. The predicted molar refractivity (Wildman–Crippen MR) is 148 cm³/mol. The molecule has 0 aromatic heterocycles. The molecule has 3 aliphatic heterocycles. The number of benzene rings is 2. The molecule has 6 nitrogen and oxygen atoms in total. The van der Waals surface area contributed by atoms with Crippen LogP contribution in [-0.2, 0) is 30.3 Å². The van der Waals surface area contributed by atoms with E-state index in [2.05, 4.69) is 55.5 Å². The van der Waals surface area contributed by atoms with E-state index in [9.17, 15) is 0 Å². The summed E-state index contributed by atoms with van der Waals surface area (Å²) < 4.78 is 35.9. The largest absolute Gasteiger partial charge is 0.494 e.